The highest BCUT2D eigenvalue weighted by molar-refractivity contribution is 8.76. The van der Waals surface area contributed by atoms with Gasteiger partial charge >= 0.3 is 5.97 Å². The summed E-state index contributed by atoms with van der Waals surface area (Å²) in [4.78, 5) is 42.1. The van der Waals surface area contributed by atoms with E-state index < -0.39 is 11.9 Å². The summed E-state index contributed by atoms with van der Waals surface area (Å²) in [6.07, 6.45) is 2.77. The lowest BCUT2D eigenvalue weighted by Crippen LogP contribution is -2.31. The molecule has 0 saturated carbocycles. The number of carbonyl (C=O) groups excluding carboxylic acids is 3. The molecule has 0 atom stereocenters. The number of imide groups is 1. The van der Waals surface area contributed by atoms with Crippen molar-refractivity contribution in [1.82, 2.24) is 10.0 Å². The Bertz CT molecular complexity index is 470. The molecule has 0 saturated heterocycles. The summed E-state index contributed by atoms with van der Waals surface area (Å²) in [7, 11) is 3.11. The van der Waals surface area contributed by atoms with Crippen molar-refractivity contribution >= 4 is 39.9 Å². The van der Waals surface area contributed by atoms with E-state index in [-0.39, 0.29) is 19.3 Å². The molecule has 6 nitrogen and oxygen atoms in total. The van der Waals surface area contributed by atoms with E-state index in [1.54, 1.807) is 23.9 Å². The lowest BCUT2D eigenvalue weighted by atomic mass is 10.3. The van der Waals surface area contributed by atoms with Crippen LogP contribution in [0.4, 0.5) is 0 Å². The van der Waals surface area contributed by atoms with Crippen LogP contribution >= 0.6 is 21.6 Å². The smallest absolute Gasteiger partial charge is 0.331 e. The van der Waals surface area contributed by atoms with E-state index in [4.69, 9.17) is 0 Å². The number of hydrogen-bond donors (Lipinski definition) is 0. The quantitative estimate of drug-likeness (QED) is 0.314. The van der Waals surface area contributed by atoms with Crippen molar-refractivity contribution in [3.63, 3.8) is 0 Å². The average Bonchev–Trinajstić information content (AvgIpc) is 2.52. The van der Waals surface area contributed by atoms with Crippen molar-refractivity contribution in [2.75, 3.05) is 5.75 Å². The molecule has 1 aromatic heterocycles. The van der Waals surface area contributed by atoms with E-state index in [2.05, 4.69) is 9.82 Å². The van der Waals surface area contributed by atoms with Gasteiger partial charge in [-0.15, -0.1) is 5.06 Å². The lowest BCUT2D eigenvalue weighted by molar-refractivity contribution is -0.196. The minimum atomic E-state index is -0.590. The minimum absolute atomic E-state index is 0.0998. The molecule has 0 spiro atoms. The van der Waals surface area contributed by atoms with Gasteiger partial charge in [0.05, 0.1) is 0 Å². The summed E-state index contributed by atoms with van der Waals surface area (Å²) < 4.78 is 0. The van der Waals surface area contributed by atoms with Crippen molar-refractivity contribution in [3.8, 4) is 0 Å². The number of rotatable bonds is 8. The molecule has 114 valence electrons. The van der Waals surface area contributed by atoms with Crippen LogP contribution in [0.25, 0.3) is 0 Å². The third kappa shape index (κ3) is 7.14. The summed E-state index contributed by atoms with van der Waals surface area (Å²) in [6, 6.07) is 5.66. The molecule has 0 aliphatic heterocycles. The first-order chi connectivity index (χ1) is 10.2. The number of aromatic nitrogens is 1. The van der Waals surface area contributed by atoms with Crippen LogP contribution in [0.5, 0.6) is 0 Å². The molecule has 2 amide bonds. The summed E-state index contributed by atoms with van der Waals surface area (Å²) in [5.74, 6) is -0.398. The molecule has 0 aliphatic carbocycles. The maximum Gasteiger partial charge on any atom is 0.333 e. The third-order valence-electron chi connectivity index (χ3n) is 2.23. The summed E-state index contributed by atoms with van der Waals surface area (Å²) in [5, 5.41) is 1.35. The third-order valence-corrected chi connectivity index (χ3v) is 4.59. The van der Waals surface area contributed by atoms with Crippen molar-refractivity contribution in [3.05, 3.63) is 24.4 Å². The van der Waals surface area contributed by atoms with Crippen molar-refractivity contribution in [1.29, 1.82) is 0 Å². The fraction of sp³-hybridized carbons (Fsp3) is 0.385. The second kappa shape index (κ2) is 10.2. The fourth-order valence-corrected chi connectivity index (χ4v) is 3.18. The second-order valence-electron chi connectivity index (χ2n) is 3.82. The fourth-order valence-electron chi connectivity index (χ4n) is 1.22. The minimum Gasteiger partial charge on any atom is -0.331 e. The second-order valence-corrected chi connectivity index (χ2v) is 6.25. The van der Waals surface area contributed by atoms with Crippen molar-refractivity contribution in [2.45, 2.75) is 31.2 Å². The van der Waals surface area contributed by atoms with Crippen LogP contribution in [0, 0.1) is 0 Å². The van der Waals surface area contributed by atoms with E-state index in [1.807, 2.05) is 18.2 Å². The van der Waals surface area contributed by atoms with Gasteiger partial charge in [-0.2, -0.15) is 0 Å². The molecule has 0 fully saturated rings. The molecule has 1 heterocycles. The van der Waals surface area contributed by atoms with Gasteiger partial charge in [0, 0.05) is 24.8 Å². The van der Waals surface area contributed by atoms with E-state index in [0.29, 0.717) is 11.5 Å². The molecule has 1 aromatic rings. The van der Waals surface area contributed by atoms with Crippen LogP contribution in [0.2, 0.25) is 0 Å². The Balaban J connectivity index is 2.16. The zero-order chi connectivity index (χ0) is 15.5. The molecule has 21 heavy (non-hydrogen) atoms. The highest BCUT2D eigenvalue weighted by Gasteiger charge is 2.15. The van der Waals surface area contributed by atoms with E-state index >= 15 is 0 Å². The van der Waals surface area contributed by atoms with Crippen molar-refractivity contribution in [2.24, 2.45) is 0 Å². The van der Waals surface area contributed by atoms with Gasteiger partial charge in [-0.25, -0.2) is 9.78 Å². The Morgan fingerprint density at radius 3 is 2.86 bits per heavy atom. The number of amides is 2. The van der Waals surface area contributed by atoms with E-state index in [0.717, 1.165) is 10.8 Å². The highest BCUT2D eigenvalue weighted by Crippen LogP contribution is 2.29. The maximum atomic E-state index is 11.5. The number of carbonyl (C=O) groups is 3. The molecular formula is C13H16N2O4S2. The monoisotopic (exact) mass is 328 g/mol. The van der Waals surface area contributed by atoms with Crippen LogP contribution < -0.4 is 0 Å². The summed E-state index contributed by atoms with van der Waals surface area (Å²) >= 11 is 0. The maximum absolute atomic E-state index is 11.5. The van der Waals surface area contributed by atoms with Crippen LogP contribution in [-0.4, -0.2) is 34.1 Å². The Hall–Kier alpha value is -1.54. The van der Waals surface area contributed by atoms with Gasteiger partial charge < -0.3 is 4.84 Å². The van der Waals surface area contributed by atoms with E-state index in [9.17, 15) is 14.4 Å². The molecular weight excluding hydrogens is 312 g/mol. The topological polar surface area (TPSA) is 76.6 Å². The number of hydroxylamine groups is 2. The molecule has 0 aromatic carbocycles. The Labute approximate surface area is 131 Å². The molecule has 1 rings (SSSR count). The number of hydrogen-bond acceptors (Lipinski definition) is 7. The molecule has 8 heteroatoms. The number of nitrogens with zero attached hydrogens (tertiary/aromatic N) is 2. The Kier molecular flexibility index (Phi) is 8.53. The van der Waals surface area contributed by atoms with Crippen LogP contribution in [-0.2, 0) is 19.2 Å². The lowest BCUT2D eigenvalue weighted by Gasteiger charge is -2.12. The van der Waals surface area contributed by atoms with Crippen molar-refractivity contribution < 1.29 is 19.2 Å². The Morgan fingerprint density at radius 1 is 1.43 bits per heavy atom. The van der Waals surface area contributed by atoms with Gasteiger partial charge in [-0.05, 0) is 29.3 Å². The van der Waals surface area contributed by atoms with E-state index in [1.165, 1.54) is 10.8 Å². The predicted molar refractivity (Wildman–Crippen MR) is 81.1 cm³/mol. The molecule has 0 N–H and O–H groups in total. The van der Waals surface area contributed by atoms with Gasteiger partial charge in [0.25, 0.3) is 12.3 Å². The first-order valence-corrected chi connectivity index (χ1v) is 8.68. The molecule has 0 aliphatic rings. The molecule has 0 unspecified atom stereocenters. The summed E-state index contributed by atoms with van der Waals surface area (Å²) in [6.45, 7) is 1.58. The zero-order valence-corrected chi connectivity index (χ0v) is 13.2. The number of pyridine rings is 1. The normalized spacial score (nSPS) is 9.95. The van der Waals surface area contributed by atoms with Gasteiger partial charge in [-0.1, -0.05) is 23.8 Å². The van der Waals surface area contributed by atoms with Gasteiger partial charge in [0.1, 0.15) is 5.03 Å². The largest absolute Gasteiger partial charge is 0.333 e. The van der Waals surface area contributed by atoms with Gasteiger partial charge in [-0.3, -0.25) is 9.59 Å². The SMILES string of the molecule is CCC(=O)N(C=O)OC(=O)CCCSSc1ccccn1. The van der Waals surface area contributed by atoms with Crippen LogP contribution in [0.15, 0.2) is 29.4 Å². The van der Waals surface area contributed by atoms with Gasteiger partial charge in [0.2, 0.25) is 0 Å². The van der Waals surface area contributed by atoms with Gasteiger partial charge in [0.15, 0.2) is 0 Å². The highest BCUT2D eigenvalue weighted by atomic mass is 33.1. The zero-order valence-electron chi connectivity index (χ0n) is 11.6. The van der Waals surface area contributed by atoms with Crippen LogP contribution in [0.3, 0.4) is 0 Å². The Morgan fingerprint density at radius 2 is 2.24 bits per heavy atom. The summed E-state index contributed by atoms with van der Waals surface area (Å²) in [5.41, 5.74) is 0. The van der Waals surface area contributed by atoms with Crippen LogP contribution in [0.1, 0.15) is 26.2 Å². The average molecular weight is 328 g/mol. The first kappa shape index (κ1) is 17.5. The predicted octanol–water partition coefficient (Wildman–Crippen LogP) is 2.46. The molecule has 0 radical (unpaired) electrons. The standard InChI is InChI=1S/C13H16N2O4S2/c1-2-12(17)15(10-16)19-13(18)7-5-9-20-21-11-6-3-4-8-14-11/h3-4,6,8,10H,2,5,7,9H2,1H3. The first-order valence-electron chi connectivity index (χ1n) is 6.36. The molecule has 0 bridgehead atoms.